The molecule has 0 fully saturated rings. The summed E-state index contributed by atoms with van der Waals surface area (Å²) in [6.07, 6.45) is 1.77. The highest BCUT2D eigenvalue weighted by molar-refractivity contribution is 6.14. The van der Waals surface area contributed by atoms with E-state index in [1.54, 1.807) is 6.21 Å². The molecule has 1 aromatic heterocycles. The molecule has 6 aromatic rings. The zero-order valence-electron chi connectivity index (χ0n) is 19.9. The molecule has 0 unspecified atom stereocenters. The Morgan fingerprint density at radius 2 is 1.43 bits per heavy atom. The van der Waals surface area contributed by atoms with Crippen molar-refractivity contribution >= 4 is 39.8 Å². The average molecular weight is 479 g/mol. The van der Waals surface area contributed by atoms with E-state index < -0.39 is 0 Å². The van der Waals surface area contributed by atoms with Crippen molar-refractivity contribution < 1.29 is 4.42 Å². The first-order valence-corrected chi connectivity index (χ1v) is 12.0. The minimum absolute atomic E-state index is 0.135. The Hall–Kier alpha value is -5.16. The lowest BCUT2D eigenvalue weighted by Gasteiger charge is -2.05. The zero-order valence-corrected chi connectivity index (χ0v) is 19.9. The van der Waals surface area contributed by atoms with Gasteiger partial charge in [0.2, 0.25) is 5.89 Å². The third kappa shape index (κ3) is 4.70. The summed E-state index contributed by atoms with van der Waals surface area (Å²) in [5.74, 6) is 1.21. The van der Waals surface area contributed by atoms with E-state index in [9.17, 15) is 0 Å². The molecule has 5 heteroatoms. The molecule has 5 aromatic carbocycles. The van der Waals surface area contributed by atoms with Crippen molar-refractivity contribution in [1.82, 2.24) is 4.98 Å². The highest BCUT2D eigenvalue weighted by atomic mass is 16.3. The maximum atomic E-state index is 8.75. The monoisotopic (exact) mass is 478 g/mol. The predicted octanol–water partition coefficient (Wildman–Crippen LogP) is 7.54. The first kappa shape index (κ1) is 22.3. The minimum atomic E-state index is 0.135. The fourth-order valence-corrected chi connectivity index (χ4v) is 4.17. The summed E-state index contributed by atoms with van der Waals surface area (Å²) in [6, 6.07) is 39.2. The van der Waals surface area contributed by atoms with Crippen LogP contribution in [0.3, 0.4) is 0 Å². The fourth-order valence-electron chi connectivity index (χ4n) is 4.17. The van der Waals surface area contributed by atoms with E-state index in [0.717, 1.165) is 38.6 Å². The summed E-state index contributed by atoms with van der Waals surface area (Å²) in [5.41, 5.74) is 4.98. The van der Waals surface area contributed by atoms with E-state index in [1.807, 2.05) is 121 Å². The van der Waals surface area contributed by atoms with Gasteiger partial charge in [-0.3, -0.25) is 5.41 Å². The molecule has 0 saturated heterocycles. The van der Waals surface area contributed by atoms with Crippen LogP contribution in [0.4, 0.5) is 0 Å². The number of aromatic nitrogens is 1. The Labute approximate surface area is 214 Å². The summed E-state index contributed by atoms with van der Waals surface area (Å²) in [7, 11) is 0. The van der Waals surface area contributed by atoms with Crippen LogP contribution in [-0.4, -0.2) is 22.9 Å². The van der Waals surface area contributed by atoms with Gasteiger partial charge in [-0.2, -0.15) is 0 Å². The lowest BCUT2D eigenvalue weighted by molar-refractivity contribution is 0.620. The van der Waals surface area contributed by atoms with E-state index in [4.69, 9.17) is 14.8 Å². The molecule has 0 spiro atoms. The summed E-state index contributed by atoms with van der Waals surface area (Å²) in [4.78, 5) is 14.0. The van der Waals surface area contributed by atoms with Gasteiger partial charge in [0.05, 0.1) is 0 Å². The van der Waals surface area contributed by atoms with Gasteiger partial charge in [0.15, 0.2) is 17.3 Å². The molecule has 37 heavy (non-hydrogen) atoms. The Kier molecular flexibility index (Phi) is 5.93. The number of amidine groups is 2. The van der Waals surface area contributed by atoms with Crippen LogP contribution in [0.25, 0.3) is 33.3 Å². The summed E-state index contributed by atoms with van der Waals surface area (Å²) in [5, 5.41) is 10.7. The van der Waals surface area contributed by atoms with Gasteiger partial charge in [-0.25, -0.2) is 15.0 Å². The molecule has 0 amide bonds. The normalized spacial score (nSPS) is 11.9. The first-order chi connectivity index (χ1) is 18.2. The van der Waals surface area contributed by atoms with Crippen molar-refractivity contribution in [1.29, 1.82) is 5.41 Å². The molecule has 0 atom stereocenters. The van der Waals surface area contributed by atoms with Crippen LogP contribution in [0.1, 0.15) is 16.7 Å². The topological polar surface area (TPSA) is 74.6 Å². The number of hydrogen-bond donors (Lipinski definition) is 1. The highest BCUT2D eigenvalue weighted by Gasteiger charge is 2.12. The Bertz CT molecular complexity index is 1770. The molecule has 0 aliphatic rings. The molecule has 5 nitrogen and oxygen atoms in total. The quantitative estimate of drug-likeness (QED) is 0.210. The number of nitrogens with one attached hydrogen (secondary N) is 1. The maximum absolute atomic E-state index is 8.75. The second kappa shape index (κ2) is 9.84. The third-order valence-electron chi connectivity index (χ3n) is 6.05. The molecule has 0 bridgehead atoms. The van der Waals surface area contributed by atoms with Crippen molar-refractivity contribution in [2.45, 2.75) is 0 Å². The minimum Gasteiger partial charge on any atom is -0.436 e. The fraction of sp³-hybridized carbons (Fsp3) is 0. The second-order valence-corrected chi connectivity index (χ2v) is 8.55. The summed E-state index contributed by atoms with van der Waals surface area (Å²) < 4.78 is 6.01. The van der Waals surface area contributed by atoms with Crippen molar-refractivity contribution in [3.63, 3.8) is 0 Å². The molecule has 0 aliphatic heterocycles. The van der Waals surface area contributed by atoms with Gasteiger partial charge < -0.3 is 4.42 Å². The van der Waals surface area contributed by atoms with Crippen LogP contribution in [0.5, 0.6) is 0 Å². The summed E-state index contributed by atoms with van der Waals surface area (Å²) in [6.45, 7) is 0. The maximum Gasteiger partial charge on any atom is 0.227 e. The molecule has 1 heterocycles. The zero-order chi connectivity index (χ0) is 25.0. The number of aliphatic imine (C=N–C) groups is 2. The Morgan fingerprint density at radius 3 is 2.19 bits per heavy atom. The molecule has 1 N–H and O–H groups in total. The van der Waals surface area contributed by atoms with Crippen molar-refractivity contribution in [3.05, 3.63) is 138 Å². The predicted molar refractivity (Wildman–Crippen MR) is 151 cm³/mol. The van der Waals surface area contributed by atoms with E-state index >= 15 is 0 Å². The SMILES string of the molecule is N=C(N=C(N=Cc1ccccc1)c1ccccc1)c1ccc2c(ccc3oc(-c4ccccc4)nc32)c1. The Morgan fingerprint density at radius 1 is 0.730 bits per heavy atom. The van der Waals surface area contributed by atoms with Gasteiger partial charge >= 0.3 is 0 Å². The largest absolute Gasteiger partial charge is 0.436 e. The smallest absolute Gasteiger partial charge is 0.227 e. The average Bonchev–Trinajstić information content (AvgIpc) is 3.41. The molecule has 6 rings (SSSR count). The van der Waals surface area contributed by atoms with Crippen LogP contribution in [-0.2, 0) is 0 Å². The highest BCUT2D eigenvalue weighted by Crippen LogP contribution is 2.30. The molecule has 0 radical (unpaired) electrons. The third-order valence-corrected chi connectivity index (χ3v) is 6.05. The Balaban J connectivity index is 1.37. The number of hydrogen-bond acceptors (Lipinski definition) is 3. The molecular formula is C32H22N4O. The van der Waals surface area contributed by atoms with E-state index in [-0.39, 0.29) is 5.84 Å². The van der Waals surface area contributed by atoms with Crippen LogP contribution in [0.2, 0.25) is 0 Å². The van der Waals surface area contributed by atoms with Gasteiger partial charge in [0.25, 0.3) is 0 Å². The van der Waals surface area contributed by atoms with E-state index in [0.29, 0.717) is 17.3 Å². The summed E-state index contributed by atoms with van der Waals surface area (Å²) >= 11 is 0. The first-order valence-electron chi connectivity index (χ1n) is 12.0. The standard InChI is InChI=1S/C32H22N4O/c33-30(36-31(23-12-6-2-7-13-23)34-21-22-10-4-1-5-11-22)26-16-18-27-25(20-26)17-19-28-29(27)35-32(37-28)24-14-8-3-9-15-24/h1-21,33H. The number of benzene rings is 5. The van der Waals surface area contributed by atoms with Crippen LogP contribution < -0.4 is 0 Å². The van der Waals surface area contributed by atoms with Gasteiger partial charge in [-0.05, 0) is 35.2 Å². The van der Waals surface area contributed by atoms with Crippen molar-refractivity contribution in [2.75, 3.05) is 0 Å². The van der Waals surface area contributed by atoms with Gasteiger partial charge in [-0.15, -0.1) is 0 Å². The lowest BCUT2D eigenvalue weighted by Crippen LogP contribution is -2.04. The van der Waals surface area contributed by atoms with Crippen LogP contribution in [0.15, 0.2) is 136 Å². The molecule has 0 aliphatic carbocycles. The molecule has 0 saturated carbocycles. The second-order valence-electron chi connectivity index (χ2n) is 8.55. The number of fused-ring (bicyclic) bond motifs is 3. The van der Waals surface area contributed by atoms with Gasteiger partial charge in [0.1, 0.15) is 5.52 Å². The van der Waals surface area contributed by atoms with Crippen molar-refractivity contribution in [2.24, 2.45) is 9.98 Å². The van der Waals surface area contributed by atoms with E-state index in [1.165, 1.54) is 0 Å². The number of nitrogens with zero attached hydrogens (tertiary/aromatic N) is 3. The lowest BCUT2D eigenvalue weighted by atomic mass is 10.1. The van der Waals surface area contributed by atoms with Crippen LogP contribution >= 0.6 is 0 Å². The number of oxazole rings is 1. The van der Waals surface area contributed by atoms with Gasteiger partial charge in [0, 0.05) is 28.3 Å². The molecular weight excluding hydrogens is 456 g/mol. The van der Waals surface area contributed by atoms with Crippen LogP contribution in [0, 0.1) is 5.41 Å². The van der Waals surface area contributed by atoms with Crippen molar-refractivity contribution in [3.8, 4) is 11.5 Å². The number of rotatable bonds is 4. The molecule has 176 valence electrons. The van der Waals surface area contributed by atoms with E-state index in [2.05, 4.69) is 9.98 Å². The van der Waals surface area contributed by atoms with Gasteiger partial charge in [-0.1, -0.05) is 97.1 Å².